The minimum Gasteiger partial charge on any atom is -0.507 e. The minimum atomic E-state index is -1.07. The molecule has 0 heterocycles. The standard InChI is InChI=1S/C10H13F2NO/c1-5(2)10(13)6-3-7(11)8(12)4-9(6)14/h3-5,10,14H,13H2,1-2H3/t10-/m0/s1. The van der Waals surface area contributed by atoms with Gasteiger partial charge in [-0.05, 0) is 12.0 Å². The zero-order valence-electron chi connectivity index (χ0n) is 8.09. The molecule has 1 aromatic carbocycles. The van der Waals surface area contributed by atoms with Gasteiger partial charge in [-0.1, -0.05) is 13.8 Å². The van der Waals surface area contributed by atoms with E-state index in [1.165, 1.54) is 0 Å². The molecule has 1 atom stereocenters. The molecule has 0 bridgehead atoms. The fourth-order valence-corrected chi connectivity index (χ4v) is 1.18. The van der Waals surface area contributed by atoms with Crippen LogP contribution < -0.4 is 5.73 Å². The van der Waals surface area contributed by atoms with E-state index < -0.39 is 17.7 Å². The van der Waals surface area contributed by atoms with E-state index >= 15 is 0 Å². The Hall–Kier alpha value is -1.16. The van der Waals surface area contributed by atoms with Crippen molar-refractivity contribution in [3.8, 4) is 5.75 Å². The van der Waals surface area contributed by atoms with Gasteiger partial charge in [0.2, 0.25) is 0 Å². The molecule has 0 radical (unpaired) electrons. The average molecular weight is 201 g/mol. The first-order valence-electron chi connectivity index (χ1n) is 4.37. The van der Waals surface area contributed by atoms with Crippen molar-refractivity contribution >= 4 is 0 Å². The largest absolute Gasteiger partial charge is 0.507 e. The molecule has 0 unspecified atom stereocenters. The summed E-state index contributed by atoms with van der Waals surface area (Å²) in [5.41, 5.74) is 5.94. The molecule has 0 aromatic heterocycles. The number of aromatic hydroxyl groups is 1. The average Bonchev–Trinajstić information content (AvgIpc) is 2.10. The Morgan fingerprint density at radius 1 is 1.21 bits per heavy atom. The van der Waals surface area contributed by atoms with Gasteiger partial charge in [-0.15, -0.1) is 0 Å². The highest BCUT2D eigenvalue weighted by Gasteiger charge is 2.17. The third-order valence-electron chi connectivity index (χ3n) is 2.15. The lowest BCUT2D eigenvalue weighted by atomic mass is 9.96. The number of halogens is 2. The summed E-state index contributed by atoms with van der Waals surface area (Å²) >= 11 is 0. The van der Waals surface area contributed by atoms with Crippen LogP contribution in [0.2, 0.25) is 0 Å². The van der Waals surface area contributed by atoms with Gasteiger partial charge in [-0.25, -0.2) is 8.78 Å². The Bertz CT molecular complexity index is 339. The Balaban J connectivity index is 3.15. The van der Waals surface area contributed by atoms with Gasteiger partial charge in [0.25, 0.3) is 0 Å². The summed E-state index contributed by atoms with van der Waals surface area (Å²) < 4.78 is 25.5. The summed E-state index contributed by atoms with van der Waals surface area (Å²) in [4.78, 5) is 0. The monoisotopic (exact) mass is 201 g/mol. The number of nitrogens with two attached hydrogens (primary N) is 1. The van der Waals surface area contributed by atoms with Gasteiger partial charge < -0.3 is 10.8 Å². The predicted molar refractivity (Wildman–Crippen MR) is 49.8 cm³/mol. The molecule has 0 aliphatic carbocycles. The lowest BCUT2D eigenvalue weighted by Crippen LogP contribution is -2.17. The smallest absolute Gasteiger partial charge is 0.162 e. The Morgan fingerprint density at radius 3 is 2.21 bits per heavy atom. The van der Waals surface area contributed by atoms with Crippen molar-refractivity contribution in [3.05, 3.63) is 29.3 Å². The number of hydrogen-bond acceptors (Lipinski definition) is 2. The first-order chi connectivity index (χ1) is 6.43. The molecule has 0 saturated heterocycles. The van der Waals surface area contributed by atoms with Gasteiger partial charge in [0.15, 0.2) is 11.6 Å². The second-order valence-corrected chi connectivity index (χ2v) is 3.59. The van der Waals surface area contributed by atoms with Crippen molar-refractivity contribution in [2.75, 3.05) is 0 Å². The normalized spacial score (nSPS) is 13.3. The number of phenolic OH excluding ortho intramolecular Hbond substituents is 1. The molecular weight excluding hydrogens is 188 g/mol. The molecule has 0 spiro atoms. The molecule has 78 valence electrons. The van der Waals surface area contributed by atoms with Gasteiger partial charge in [0.05, 0.1) is 0 Å². The summed E-state index contributed by atoms with van der Waals surface area (Å²) in [6.07, 6.45) is 0. The highest BCUT2D eigenvalue weighted by molar-refractivity contribution is 5.36. The lowest BCUT2D eigenvalue weighted by molar-refractivity contribution is 0.423. The Labute approximate surface area is 81.4 Å². The second-order valence-electron chi connectivity index (χ2n) is 3.59. The number of benzene rings is 1. The summed E-state index contributed by atoms with van der Waals surface area (Å²) in [6.45, 7) is 3.68. The van der Waals surface area contributed by atoms with Crippen LogP contribution in [0.5, 0.6) is 5.75 Å². The van der Waals surface area contributed by atoms with E-state index in [9.17, 15) is 13.9 Å². The molecule has 0 aliphatic rings. The SMILES string of the molecule is CC(C)[C@H](N)c1cc(F)c(F)cc1O. The van der Waals surface area contributed by atoms with Crippen molar-refractivity contribution in [1.29, 1.82) is 0 Å². The van der Waals surface area contributed by atoms with Gasteiger partial charge in [0.1, 0.15) is 5.75 Å². The van der Waals surface area contributed by atoms with Gasteiger partial charge >= 0.3 is 0 Å². The van der Waals surface area contributed by atoms with Crippen molar-refractivity contribution < 1.29 is 13.9 Å². The minimum absolute atomic E-state index is 0.0470. The van der Waals surface area contributed by atoms with Crippen LogP contribution in [-0.2, 0) is 0 Å². The molecule has 1 aromatic rings. The number of phenols is 1. The zero-order valence-corrected chi connectivity index (χ0v) is 8.09. The van der Waals surface area contributed by atoms with Gasteiger partial charge in [-0.3, -0.25) is 0 Å². The highest BCUT2D eigenvalue weighted by atomic mass is 19.2. The first-order valence-corrected chi connectivity index (χ1v) is 4.37. The molecule has 0 fully saturated rings. The van der Waals surface area contributed by atoms with Crippen molar-refractivity contribution in [1.82, 2.24) is 0 Å². The second kappa shape index (κ2) is 3.92. The molecule has 0 saturated carbocycles. The van der Waals surface area contributed by atoms with Crippen LogP contribution >= 0.6 is 0 Å². The Kier molecular flexibility index (Phi) is 3.06. The molecular formula is C10H13F2NO. The van der Waals surface area contributed by atoms with Crippen molar-refractivity contribution in [2.24, 2.45) is 11.7 Å². The summed E-state index contributed by atoms with van der Waals surface area (Å²) in [7, 11) is 0. The van der Waals surface area contributed by atoms with Crippen LogP contribution in [0.15, 0.2) is 12.1 Å². The van der Waals surface area contributed by atoms with E-state index in [1.807, 2.05) is 13.8 Å². The van der Waals surface area contributed by atoms with Crippen LogP contribution in [0.4, 0.5) is 8.78 Å². The summed E-state index contributed by atoms with van der Waals surface area (Å²) in [5, 5.41) is 9.35. The van der Waals surface area contributed by atoms with Gasteiger partial charge in [0, 0.05) is 17.7 Å². The third kappa shape index (κ3) is 2.01. The maximum atomic E-state index is 12.8. The summed E-state index contributed by atoms with van der Waals surface area (Å²) in [6, 6.07) is 1.19. The molecule has 4 heteroatoms. The topological polar surface area (TPSA) is 46.2 Å². The molecule has 0 amide bonds. The van der Waals surface area contributed by atoms with Crippen LogP contribution in [0.25, 0.3) is 0 Å². The molecule has 1 rings (SSSR count). The van der Waals surface area contributed by atoms with E-state index in [0.29, 0.717) is 0 Å². The molecule has 3 N–H and O–H groups in total. The highest BCUT2D eigenvalue weighted by Crippen LogP contribution is 2.29. The number of rotatable bonds is 2. The van der Waals surface area contributed by atoms with Crippen LogP contribution in [0, 0.1) is 17.6 Å². The first kappa shape index (κ1) is 10.9. The quantitative estimate of drug-likeness (QED) is 0.771. The Morgan fingerprint density at radius 2 is 1.71 bits per heavy atom. The van der Waals surface area contributed by atoms with Crippen LogP contribution in [0.3, 0.4) is 0 Å². The summed E-state index contributed by atoms with van der Waals surface area (Å²) in [5.74, 6) is -2.31. The number of hydrogen-bond donors (Lipinski definition) is 2. The fraction of sp³-hybridized carbons (Fsp3) is 0.400. The van der Waals surface area contributed by atoms with Crippen molar-refractivity contribution in [2.45, 2.75) is 19.9 Å². The van der Waals surface area contributed by atoms with E-state index in [1.54, 1.807) is 0 Å². The third-order valence-corrected chi connectivity index (χ3v) is 2.15. The van der Waals surface area contributed by atoms with E-state index in [0.717, 1.165) is 12.1 Å². The van der Waals surface area contributed by atoms with Crippen LogP contribution in [0.1, 0.15) is 25.5 Å². The fourth-order valence-electron chi connectivity index (χ4n) is 1.18. The van der Waals surface area contributed by atoms with E-state index in [2.05, 4.69) is 0 Å². The van der Waals surface area contributed by atoms with Gasteiger partial charge in [-0.2, -0.15) is 0 Å². The molecule has 14 heavy (non-hydrogen) atoms. The molecule has 0 aliphatic heterocycles. The zero-order chi connectivity index (χ0) is 10.9. The maximum Gasteiger partial charge on any atom is 0.162 e. The lowest BCUT2D eigenvalue weighted by Gasteiger charge is -2.17. The van der Waals surface area contributed by atoms with E-state index in [4.69, 9.17) is 5.73 Å². The predicted octanol–water partition coefficient (Wildman–Crippen LogP) is 2.33. The van der Waals surface area contributed by atoms with Crippen LogP contribution in [-0.4, -0.2) is 5.11 Å². The van der Waals surface area contributed by atoms with E-state index in [-0.39, 0.29) is 17.2 Å². The maximum absolute atomic E-state index is 12.8. The van der Waals surface area contributed by atoms with Crippen molar-refractivity contribution in [3.63, 3.8) is 0 Å². The molecule has 2 nitrogen and oxygen atoms in total.